The SMILES string of the molecule is CC(C)CCC(=O)N1CC[C@H](N)C1. The maximum atomic E-state index is 11.6. The number of hydrogen-bond donors (Lipinski definition) is 1. The highest BCUT2D eigenvalue weighted by molar-refractivity contribution is 5.76. The third-order valence-electron chi connectivity index (χ3n) is 2.51. The van der Waals surface area contributed by atoms with Crippen molar-refractivity contribution in [3.63, 3.8) is 0 Å². The number of likely N-dealkylation sites (tertiary alicyclic amines) is 1. The van der Waals surface area contributed by atoms with Crippen LogP contribution in [0.4, 0.5) is 0 Å². The molecule has 13 heavy (non-hydrogen) atoms. The number of rotatable bonds is 3. The molecular weight excluding hydrogens is 164 g/mol. The molecule has 0 radical (unpaired) electrons. The number of nitrogens with zero attached hydrogens (tertiary/aromatic N) is 1. The quantitative estimate of drug-likeness (QED) is 0.710. The highest BCUT2D eigenvalue weighted by atomic mass is 16.2. The zero-order valence-corrected chi connectivity index (χ0v) is 8.62. The minimum absolute atomic E-state index is 0.211. The van der Waals surface area contributed by atoms with Crippen LogP contribution in [0.25, 0.3) is 0 Å². The van der Waals surface area contributed by atoms with Crippen molar-refractivity contribution >= 4 is 5.91 Å². The maximum Gasteiger partial charge on any atom is 0.222 e. The van der Waals surface area contributed by atoms with Crippen LogP contribution in [0.15, 0.2) is 0 Å². The number of hydrogen-bond acceptors (Lipinski definition) is 2. The van der Waals surface area contributed by atoms with E-state index in [2.05, 4.69) is 13.8 Å². The summed E-state index contributed by atoms with van der Waals surface area (Å²) in [5.74, 6) is 0.891. The highest BCUT2D eigenvalue weighted by Crippen LogP contribution is 2.11. The van der Waals surface area contributed by atoms with Crippen molar-refractivity contribution in [2.75, 3.05) is 13.1 Å². The Bertz CT molecular complexity index is 180. The van der Waals surface area contributed by atoms with E-state index < -0.39 is 0 Å². The van der Waals surface area contributed by atoms with Gasteiger partial charge in [0, 0.05) is 25.6 Å². The molecule has 0 unspecified atom stereocenters. The first-order valence-electron chi connectivity index (χ1n) is 5.13. The molecule has 2 N–H and O–H groups in total. The average Bonchev–Trinajstić information content (AvgIpc) is 2.47. The van der Waals surface area contributed by atoms with Crippen LogP contribution in [0.5, 0.6) is 0 Å². The summed E-state index contributed by atoms with van der Waals surface area (Å²) in [6, 6.07) is 0.211. The average molecular weight is 184 g/mol. The molecule has 0 spiro atoms. The van der Waals surface area contributed by atoms with Gasteiger partial charge in [0.15, 0.2) is 0 Å². The van der Waals surface area contributed by atoms with Crippen molar-refractivity contribution in [1.82, 2.24) is 4.90 Å². The van der Waals surface area contributed by atoms with E-state index in [-0.39, 0.29) is 11.9 Å². The summed E-state index contributed by atoms with van der Waals surface area (Å²) in [7, 11) is 0. The van der Waals surface area contributed by atoms with Gasteiger partial charge in [-0.1, -0.05) is 13.8 Å². The first-order valence-corrected chi connectivity index (χ1v) is 5.13. The van der Waals surface area contributed by atoms with Crippen molar-refractivity contribution in [3.05, 3.63) is 0 Å². The van der Waals surface area contributed by atoms with E-state index in [1.165, 1.54) is 0 Å². The predicted octanol–water partition coefficient (Wildman–Crippen LogP) is 0.982. The Morgan fingerprint density at radius 1 is 1.62 bits per heavy atom. The zero-order chi connectivity index (χ0) is 9.84. The van der Waals surface area contributed by atoms with Gasteiger partial charge in [0.1, 0.15) is 0 Å². The number of amides is 1. The van der Waals surface area contributed by atoms with Gasteiger partial charge in [-0.15, -0.1) is 0 Å². The van der Waals surface area contributed by atoms with Crippen LogP contribution in [0, 0.1) is 5.92 Å². The molecule has 76 valence electrons. The molecule has 3 heteroatoms. The largest absolute Gasteiger partial charge is 0.341 e. The molecule has 1 aliphatic rings. The molecule has 1 atom stereocenters. The third kappa shape index (κ3) is 3.35. The predicted molar refractivity (Wildman–Crippen MR) is 53.2 cm³/mol. The minimum Gasteiger partial charge on any atom is -0.341 e. The monoisotopic (exact) mass is 184 g/mol. The van der Waals surface area contributed by atoms with E-state index in [9.17, 15) is 4.79 Å². The lowest BCUT2D eigenvalue weighted by atomic mass is 10.1. The summed E-state index contributed by atoms with van der Waals surface area (Å²) in [5.41, 5.74) is 5.72. The van der Waals surface area contributed by atoms with E-state index in [1.54, 1.807) is 0 Å². The smallest absolute Gasteiger partial charge is 0.222 e. The summed E-state index contributed by atoms with van der Waals surface area (Å²) in [6.07, 6.45) is 2.64. The van der Waals surface area contributed by atoms with Crippen molar-refractivity contribution in [1.29, 1.82) is 0 Å². The Morgan fingerprint density at radius 3 is 2.77 bits per heavy atom. The highest BCUT2D eigenvalue weighted by Gasteiger charge is 2.22. The van der Waals surface area contributed by atoms with E-state index in [4.69, 9.17) is 5.73 Å². The second-order valence-electron chi connectivity index (χ2n) is 4.32. The molecule has 3 nitrogen and oxygen atoms in total. The molecular formula is C10H20N2O. The van der Waals surface area contributed by atoms with E-state index in [1.807, 2.05) is 4.90 Å². The summed E-state index contributed by atoms with van der Waals surface area (Å²) in [5, 5.41) is 0. The third-order valence-corrected chi connectivity index (χ3v) is 2.51. The normalized spacial score (nSPS) is 22.8. The van der Waals surface area contributed by atoms with Crippen molar-refractivity contribution < 1.29 is 4.79 Å². The van der Waals surface area contributed by atoms with Crippen molar-refractivity contribution in [2.45, 2.75) is 39.2 Å². The fourth-order valence-corrected chi connectivity index (χ4v) is 1.58. The van der Waals surface area contributed by atoms with E-state index in [0.29, 0.717) is 12.3 Å². The first-order chi connectivity index (χ1) is 6.09. The first kappa shape index (κ1) is 10.5. The van der Waals surface area contributed by atoms with Gasteiger partial charge in [-0.05, 0) is 18.8 Å². The van der Waals surface area contributed by atoms with Crippen LogP contribution >= 0.6 is 0 Å². The molecule has 0 aromatic rings. The van der Waals surface area contributed by atoms with Crippen LogP contribution in [-0.2, 0) is 4.79 Å². The van der Waals surface area contributed by atoms with Crippen LogP contribution in [0.3, 0.4) is 0 Å². The van der Waals surface area contributed by atoms with Gasteiger partial charge in [-0.3, -0.25) is 4.79 Å². The molecule has 0 saturated carbocycles. The van der Waals surface area contributed by atoms with Crippen LogP contribution in [0.1, 0.15) is 33.1 Å². The number of carbonyl (C=O) groups excluding carboxylic acids is 1. The second kappa shape index (κ2) is 4.61. The van der Waals surface area contributed by atoms with Crippen molar-refractivity contribution in [3.8, 4) is 0 Å². The Morgan fingerprint density at radius 2 is 2.31 bits per heavy atom. The van der Waals surface area contributed by atoms with Gasteiger partial charge in [-0.2, -0.15) is 0 Å². The number of carbonyl (C=O) groups is 1. The summed E-state index contributed by atoms with van der Waals surface area (Å²) >= 11 is 0. The Labute approximate surface area is 80.3 Å². The maximum absolute atomic E-state index is 11.6. The Kier molecular flexibility index (Phi) is 3.72. The lowest BCUT2D eigenvalue weighted by molar-refractivity contribution is -0.130. The Balaban J connectivity index is 2.24. The molecule has 1 saturated heterocycles. The fraction of sp³-hybridized carbons (Fsp3) is 0.900. The molecule has 1 fully saturated rings. The molecule has 0 aliphatic carbocycles. The fourth-order valence-electron chi connectivity index (χ4n) is 1.58. The van der Waals surface area contributed by atoms with Crippen LogP contribution in [0.2, 0.25) is 0 Å². The minimum atomic E-state index is 0.211. The molecule has 0 aromatic heterocycles. The molecule has 0 bridgehead atoms. The summed E-state index contributed by atoms with van der Waals surface area (Å²) < 4.78 is 0. The standard InChI is InChI=1S/C10H20N2O/c1-8(2)3-4-10(13)12-6-5-9(11)7-12/h8-9H,3-7,11H2,1-2H3/t9-/m0/s1. The van der Waals surface area contributed by atoms with Gasteiger partial charge < -0.3 is 10.6 Å². The van der Waals surface area contributed by atoms with Crippen LogP contribution < -0.4 is 5.73 Å². The summed E-state index contributed by atoms with van der Waals surface area (Å²) in [6.45, 7) is 5.90. The van der Waals surface area contributed by atoms with Crippen molar-refractivity contribution in [2.24, 2.45) is 11.7 Å². The van der Waals surface area contributed by atoms with Gasteiger partial charge in [0.2, 0.25) is 5.91 Å². The molecule has 1 aliphatic heterocycles. The number of nitrogens with two attached hydrogens (primary N) is 1. The van der Waals surface area contributed by atoms with E-state index >= 15 is 0 Å². The van der Waals surface area contributed by atoms with Crippen LogP contribution in [-0.4, -0.2) is 29.9 Å². The van der Waals surface area contributed by atoms with E-state index in [0.717, 1.165) is 25.9 Å². The van der Waals surface area contributed by atoms with Gasteiger partial charge in [-0.25, -0.2) is 0 Å². The Hall–Kier alpha value is -0.570. The lowest BCUT2D eigenvalue weighted by Crippen LogP contribution is -2.31. The second-order valence-corrected chi connectivity index (χ2v) is 4.32. The lowest BCUT2D eigenvalue weighted by Gasteiger charge is -2.16. The summed E-state index contributed by atoms with van der Waals surface area (Å²) in [4.78, 5) is 13.5. The molecule has 1 heterocycles. The topological polar surface area (TPSA) is 46.3 Å². The molecule has 0 aromatic carbocycles. The van der Waals surface area contributed by atoms with Gasteiger partial charge in [0.05, 0.1) is 0 Å². The molecule has 1 rings (SSSR count). The van der Waals surface area contributed by atoms with Gasteiger partial charge >= 0.3 is 0 Å². The van der Waals surface area contributed by atoms with Gasteiger partial charge in [0.25, 0.3) is 0 Å². The zero-order valence-electron chi connectivity index (χ0n) is 8.62. The molecule has 1 amide bonds.